The van der Waals surface area contributed by atoms with Crippen molar-refractivity contribution in [1.82, 2.24) is 5.32 Å². The fourth-order valence-electron chi connectivity index (χ4n) is 2.65. The molecule has 3 atom stereocenters. The van der Waals surface area contributed by atoms with Crippen LogP contribution in [-0.4, -0.2) is 25.1 Å². The predicted octanol–water partition coefficient (Wildman–Crippen LogP) is 3.52. The minimum absolute atomic E-state index is 0. The fraction of sp³-hybridized carbons (Fsp3) is 0.316. The van der Waals surface area contributed by atoms with E-state index in [0.29, 0.717) is 11.4 Å². The molecule has 3 N–H and O–H groups in total. The van der Waals surface area contributed by atoms with Crippen LogP contribution in [0.15, 0.2) is 54.6 Å². The van der Waals surface area contributed by atoms with E-state index in [-0.39, 0.29) is 30.5 Å². The van der Waals surface area contributed by atoms with Gasteiger partial charge in [-0.15, -0.1) is 12.4 Å². The summed E-state index contributed by atoms with van der Waals surface area (Å²) in [6, 6.07) is 16.3. The number of methoxy groups -OCH3 is 1. The zero-order valence-corrected chi connectivity index (χ0v) is 15.9. The van der Waals surface area contributed by atoms with Gasteiger partial charge in [0.15, 0.2) is 0 Å². The number of rotatable bonds is 7. The maximum Gasteiger partial charge on any atom is 0.237 e. The highest BCUT2D eigenvalue weighted by Crippen LogP contribution is 2.22. The van der Waals surface area contributed by atoms with Crippen LogP contribution in [0.2, 0.25) is 5.02 Å². The highest BCUT2D eigenvalue weighted by molar-refractivity contribution is 6.30. The SMILES string of the molecule is COC(c1ccc(Cl)cc1)C(C)NC(=O)[C@@H](N)Cc1ccccc1.Cl. The van der Waals surface area contributed by atoms with Crippen LogP contribution in [0.4, 0.5) is 0 Å². The van der Waals surface area contributed by atoms with Crippen molar-refractivity contribution in [2.24, 2.45) is 5.73 Å². The van der Waals surface area contributed by atoms with Gasteiger partial charge in [0.1, 0.15) is 6.10 Å². The standard InChI is InChI=1S/C19H23ClN2O2.ClH/c1-13(18(24-2)15-8-10-16(20)11-9-15)22-19(23)17(21)12-14-6-4-3-5-7-14;/h3-11,13,17-18H,12,21H2,1-2H3,(H,22,23);1H/t13?,17-,18?;/m0./s1. The quantitative estimate of drug-likeness (QED) is 0.769. The van der Waals surface area contributed by atoms with Crippen LogP contribution in [0.25, 0.3) is 0 Å². The Hall–Kier alpha value is -1.59. The molecule has 2 aromatic carbocycles. The number of nitrogens with one attached hydrogen (secondary N) is 1. The van der Waals surface area contributed by atoms with Gasteiger partial charge in [0.2, 0.25) is 5.91 Å². The molecule has 0 spiro atoms. The molecule has 2 rings (SSSR count). The summed E-state index contributed by atoms with van der Waals surface area (Å²) in [6.07, 6.45) is 0.230. The van der Waals surface area contributed by atoms with Crippen molar-refractivity contribution >= 4 is 29.9 Å². The van der Waals surface area contributed by atoms with Crippen LogP contribution in [0, 0.1) is 0 Å². The Kier molecular flexibility index (Phi) is 8.93. The minimum atomic E-state index is -0.599. The molecular weight excluding hydrogens is 359 g/mol. The van der Waals surface area contributed by atoms with Crippen molar-refractivity contribution in [2.75, 3.05) is 7.11 Å². The van der Waals surface area contributed by atoms with Gasteiger partial charge in [-0.05, 0) is 36.6 Å². The van der Waals surface area contributed by atoms with E-state index < -0.39 is 6.04 Å². The molecular formula is C19H24Cl2N2O2. The number of benzene rings is 2. The first kappa shape index (κ1) is 21.5. The van der Waals surface area contributed by atoms with Gasteiger partial charge in [0.05, 0.1) is 12.1 Å². The summed E-state index contributed by atoms with van der Waals surface area (Å²) in [5.74, 6) is -0.192. The number of carbonyl (C=O) groups excluding carboxylic acids is 1. The van der Waals surface area contributed by atoms with Crippen LogP contribution in [-0.2, 0) is 16.0 Å². The van der Waals surface area contributed by atoms with Gasteiger partial charge in [-0.25, -0.2) is 0 Å². The smallest absolute Gasteiger partial charge is 0.237 e. The molecule has 0 aliphatic rings. The van der Waals surface area contributed by atoms with Crippen LogP contribution in [0.3, 0.4) is 0 Å². The first-order valence-electron chi connectivity index (χ1n) is 7.89. The van der Waals surface area contributed by atoms with Crippen LogP contribution >= 0.6 is 24.0 Å². The lowest BCUT2D eigenvalue weighted by Gasteiger charge is -2.25. The van der Waals surface area contributed by atoms with E-state index in [2.05, 4.69) is 5.32 Å². The monoisotopic (exact) mass is 382 g/mol. The topological polar surface area (TPSA) is 64.3 Å². The van der Waals surface area contributed by atoms with Crippen molar-refractivity contribution < 1.29 is 9.53 Å². The summed E-state index contributed by atoms with van der Waals surface area (Å²) < 4.78 is 5.54. The molecule has 0 aliphatic heterocycles. The normalized spacial score (nSPS) is 14.1. The van der Waals surface area contributed by atoms with Crippen LogP contribution in [0.1, 0.15) is 24.2 Å². The van der Waals surface area contributed by atoms with Gasteiger partial charge >= 0.3 is 0 Å². The van der Waals surface area contributed by atoms with E-state index >= 15 is 0 Å². The molecule has 0 aliphatic carbocycles. The van der Waals surface area contributed by atoms with Gasteiger partial charge in [0.25, 0.3) is 0 Å². The molecule has 0 fully saturated rings. The van der Waals surface area contributed by atoms with Gasteiger partial charge in [-0.2, -0.15) is 0 Å². The zero-order chi connectivity index (χ0) is 17.5. The van der Waals surface area contributed by atoms with Crippen LogP contribution in [0.5, 0.6) is 0 Å². The number of nitrogens with two attached hydrogens (primary N) is 1. The maximum absolute atomic E-state index is 12.4. The third-order valence-electron chi connectivity index (χ3n) is 3.91. The molecule has 2 aromatic rings. The van der Waals surface area contributed by atoms with Crippen LogP contribution < -0.4 is 11.1 Å². The van der Waals surface area contributed by atoms with Crippen molar-refractivity contribution in [3.05, 3.63) is 70.7 Å². The van der Waals surface area contributed by atoms with Crippen molar-refractivity contribution in [2.45, 2.75) is 31.5 Å². The van der Waals surface area contributed by atoms with Gasteiger partial charge < -0.3 is 15.8 Å². The Labute approximate surface area is 160 Å². The number of carbonyl (C=O) groups is 1. The molecule has 1 amide bonds. The second-order valence-electron chi connectivity index (χ2n) is 5.80. The third-order valence-corrected chi connectivity index (χ3v) is 4.16. The Balaban J connectivity index is 0.00000312. The lowest BCUT2D eigenvalue weighted by atomic mass is 10.0. The lowest BCUT2D eigenvalue weighted by molar-refractivity contribution is -0.124. The van der Waals surface area contributed by atoms with E-state index in [1.54, 1.807) is 19.2 Å². The summed E-state index contributed by atoms with van der Waals surface area (Å²) in [6.45, 7) is 1.90. The van der Waals surface area contributed by atoms with E-state index in [1.165, 1.54) is 0 Å². The molecule has 136 valence electrons. The summed E-state index contributed by atoms with van der Waals surface area (Å²) in [7, 11) is 1.62. The molecule has 0 saturated heterocycles. The number of ether oxygens (including phenoxy) is 1. The van der Waals surface area contributed by atoms with Gasteiger partial charge in [-0.3, -0.25) is 4.79 Å². The predicted molar refractivity (Wildman–Crippen MR) is 104 cm³/mol. The highest BCUT2D eigenvalue weighted by atomic mass is 35.5. The molecule has 0 heterocycles. The van der Waals surface area contributed by atoms with E-state index in [1.807, 2.05) is 49.4 Å². The molecule has 25 heavy (non-hydrogen) atoms. The Bertz CT molecular complexity index is 650. The largest absolute Gasteiger partial charge is 0.375 e. The minimum Gasteiger partial charge on any atom is -0.375 e. The molecule has 0 saturated carbocycles. The molecule has 0 bridgehead atoms. The molecule has 0 aromatic heterocycles. The summed E-state index contributed by atoms with van der Waals surface area (Å²) in [4.78, 5) is 12.4. The summed E-state index contributed by atoms with van der Waals surface area (Å²) >= 11 is 5.91. The first-order valence-corrected chi connectivity index (χ1v) is 8.27. The molecule has 2 unspecified atom stereocenters. The lowest BCUT2D eigenvalue weighted by Crippen LogP contribution is -2.47. The molecule has 6 heteroatoms. The summed E-state index contributed by atoms with van der Waals surface area (Å²) in [5.41, 5.74) is 8.01. The third kappa shape index (κ3) is 6.33. The number of amides is 1. The van der Waals surface area contributed by atoms with Gasteiger partial charge in [-0.1, -0.05) is 54.1 Å². The highest BCUT2D eigenvalue weighted by Gasteiger charge is 2.23. The Morgan fingerprint density at radius 2 is 1.76 bits per heavy atom. The maximum atomic E-state index is 12.4. The van der Waals surface area contributed by atoms with Crippen molar-refractivity contribution in [3.8, 4) is 0 Å². The van der Waals surface area contributed by atoms with Gasteiger partial charge in [0, 0.05) is 12.1 Å². The second kappa shape index (κ2) is 10.4. The number of hydrogen-bond donors (Lipinski definition) is 2. The molecule has 0 radical (unpaired) electrons. The Morgan fingerprint density at radius 1 is 1.16 bits per heavy atom. The van der Waals surface area contributed by atoms with E-state index in [0.717, 1.165) is 11.1 Å². The van der Waals surface area contributed by atoms with E-state index in [4.69, 9.17) is 22.1 Å². The average molecular weight is 383 g/mol. The number of hydrogen-bond acceptors (Lipinski definition) is 3. The van der Waals surface area contributed by atoms with Crippen molar-refractivity contribution in [3.63, 3.8) is 0 Å². The Morgan fingerprint density at radius 3 is 2.32 bits per heavy atom. The zero-order valence-electron chi connectivity index (χ0n) is 14.3. The average Bonchev–Trinajstić information content (AvgIpc) is 2.58. The summed E-state index contributed by atoms with van der Waals surface area (Å²) in [5, 5.41) is 3.60. The van der Waals surface area contributed by atoms with E-state index in [9.17, 15) is 4.79 Å². The number of halogens is 2. The van der Waals surface area contributed by atoms with Crippen molar-refractivity contribution in [1.29, 1.82) is 0 Å². The molecule has 4 nitrogen and oxygen atoms in total. The first-order chi connectivity index (χ1) is 11.5. The fourth-order valence-corrected chi connectivity index (χ4v) is 2.78. The second-order valence-corrected chi connectivity index (χ2v) is 6.24.